The number of fused-ring (bicyclic) bond motifs is 1. The molecule has 2 heteroatoms. The Morgan fingerprint density at radius 2 is 1.90 bits per heavy atom. The highest BCUT2D eigenvalue weighted by Gasteiger charge is 2.24. The predicted octanol–water partition coefficient (Wildman–Crippen LogP) is 4.14. The molecule has 1 aliphatic carbocycles. The van der Waals surface area contributed by atoms with E-state index >= 15 is 0 Å². The smallest absolute Gasteiger partial charge is 0.0807 e. The molecule has 0 radical (unpaired) electrons. The maximum atomic E-state index is 10.1. The lowest BCUT2D eigenvalue weighted by Crippen LogP contribution is -2.17. The highest BCUT2D eigenvalue weighted by molar-refractivity contribution is 5.48. The standard InChI is InChI=1S/C18H23NO/c1-18(2,3)14-7-4-5-8-16(14)19-12-11-13-15(19)9-6-10-17(13)20/h4-5,7-8,11-12,17,20H,6,9-10H2,1-3H3. The minimum absolute atomic E-state index is 0.112. The largest absolute Gasteiger partial charge is 0.388 e. The summed E-state index contributed by atoms with van der Waals surface area (Å²) in [6, 6.07) is 10.7. The van der Waals surface area contributed by atoms with Crippen LogP contribution >= 0.6 is 0 Å². The quantitative estimate of drug-likeness (QED) is 0.826. The molecule has 1 heterocycles. The Bertz CT molecular complexity index is 619. The molecule has 1 aromatic carbocycles. The van der Waals surface area contributed by atoms with Crippen molar-refractivity contribution in [2.24, 2.45) is 0 Å². The van der Waals surface area contributed by atoms with Crippen molar-refractivity contribution in [3.05, 3.63) is 53.3 Å². The third-order valence-electron chi connectivity index (χ3n) is 4.25. The summed E-state index contributed by atoms with van der Waals surface area (Å²) in [6.45, 7) is 6.74. The number of benzene rings is 1. The van der Waals surface area contributed by atoms with Gasteiger partial charge in [-0.3, -0.25) is 0 Å². The molecule has 1 unspecified atom stereocenters. The molecule has 3 rings (SSSR count). The summed E-state index contributed by atoms with van der Waals surface area (Å²) in [6.07, 6.45) is 4.83. The van der Waals surface area contributed by atoms with Crippen LogP contribution in [0, 0.1) is 0 Å². The van der Waals surface area contributed by atoms with E-state index < -0.39 is 0 Å². The Hall–Kier alpha value is -1.54. The summed E-state index contributed by atoms with van der Waals surface area (Å²) in [5.74, 6) is 0. The predicted molar refractivity (Wildman–Crippen MR) is 82.4 cm³/mol. The number of hydrogen-bond donors (Lipinski definition) is 1. The van der Waals surface area contributed by atoms with Gasteiger partial charge < -0.3 is 9.67 Å². The van der Waals surface area contributed by atoms with Crippen molar-refractivity contribution in [2.75, 3.05) is 0 Å². The molecular formula is C18H23NO. The fourth-order valence-electron chi connectivity index (χ4n) is 3.21. The first-order valence-electron chi connectivity index (χ1n) is 7.46. The molecule has 1 aromatic heterocycles. The average molecular weight is 269 g/mol. The van der Waals surface area contributed by atoms with Crippen molar-refractivity contribution in [2.45, 2.75) is 51.6 Å². The van der Waals surface area contributed by atoms with E-state index in [-0.39, 0.29) is 11.5 Å². The summed E-state index contributed by atoms with van der Waals surface area (Å²) >= 11 is 0. The average Bonchev–Trinajstić information content (AvgIpc) is 2.83. The van der Waals surface area contributed by atoms with Gasteiger partial charge in [-0.1, -0.05) is 39.0 Å². The zero-order valence-corrected chi connectivity index (χ0v) is 12.6. The van der Waals surface area contributed by atoms with E-state index in [1.807, 2.05) is 0 Å². The maximum Gasteiger partial charge on any atom is 0.0807 e. The monoisotopic (exact) mass is 269 g/mol. The fourth-order valence-corrected chi connectivity index (χ4v) is 3.21. The van der Waals surface area contributed by atoms with Crippen LogP contribution in [-0.4, -0.2) is 9.67 Å². The number of nitrogens with zero attached hydrogens (tertiary/aromatic N) is 1. The molecule has 1 N–H and O–H groups in total. The number of hydrogen-bond acceptors (Lipinski definition) is 1. The molecule has 1 aliphatic rings. The lowest BCUT2D eigenvalue weighted by molar-refractivity contribution is 0.156. The SMILES string of the molecule is CC(C)(C)c1ccccc1-n1ccc2c1CCCC2O. The van der Waals surface area contributed by atoms with Gasteiger partial charge in [0.15, 0.2) is 0 Å². The van der Waals surface area contributed by atoms with Gasteiger partial charge in [0.2, 0.25) is 0 Å². The summed E-state index contributed by atoms with van der Waals surface area (Å²) in [4.78, 5) is 0. The highest BCUT2D eigenvalue weighted by atomic mass is 16.3. The van der Waals surface area contributed by atoms with Gasteiger partial charge in [0.1, 0.15) is 0 Å². The lowest BCUT2D eigenvalue weighted by Gasteiger charge is -2.26. The van der Waals surface area contributed by atoms with Crippen molar-refractivity contribution in [1.82, 2.24) is 4.57 Å². The summed E-state index contributed by atoms with van der Waals surface area (Å²) < 4.78 is 2.28. The lowest BCUT2D eigenvalue weighted by atomic mass is 9.85. The number of aliphatic hydroxyl groups is 1. The van der Waals surface area contributed by atoms with Crippen molar-refractivity contribution >= 4 is 0 Å². The second-order valence-corrected chi connectivity index (χ2v) is 6.76. The number of aromatic nitrogens is 1. The van der Waals surface area contributed by atoms with Crippen LogP contribution < -0.4 is 0 Å². The minimum Gasteiger partial charge on any atom is -0.388 e. The molecule has 0 bridgehead atoms. The molecule has 0 amide bonds. The van der Waals surface area contributed by atoms with Gasteiger partial charge in [-0.05, 0) is 42.4 Å². The van der Waals surface area contributed by atoms with Crippen LogP contribution in [0.1, 0.15) is 56.5 Å². The van der Waals surface area contributed by atoms with Crippen molar-refractivity contribution < 1.29 is 5.11 Å². The molecule has 106 valence electrons. The molecular weight excluding hydrogens is 246 g/mol. The molecule has 0 fully saturated rings. The Morgan fingerprint density at radius 3 is 2.65 bits per heavy atom. The zero-order valence-electron chi connectivity index (χ0n) is 12.6. The van der Waals surface area contributed by atoms with Crippen LogP contribution in [0.3, 0.4) is 0 Å². The van der Waals surface area contributed by atoms with Crippen molar-refractivity contribution in [1.29, 1.82) is 0 Å². The second kappa shape index (κ2) is 4.78. The van der Waals surface area contributed by atoms with Gasteiger partial charge >= 0.3 is 0 Å². The van der Waals surface area contributed by atoms with Crippen LogP contribution in [0.5, 0.6) is 0 Å². The highest BCUT2D eigenvalue weighted by Crippen LogP contribution is 2.35. The van der Waals surface area contributed by atoms with Crippen LogP contribution in [-0.2, 0) is 11.8 Å². The van der Waals surface area contributed by atoms with E-state index in [1.54, 1.807) is 0 Å². The van der Waals surface area contributed by atoms with Crippen LogP contribution in [0.15, 0.2) is 36.5 Å². The molecule has 0 saturated carbocycles. The van der Waals surface area contributed by atoms with E-state index in [1.165, 1.54) is 16.9 Å². The van der Waals surface area contributed by atoms with E-state index in [2.05, 4.69) is 61.9 Å². The number of rotatable bonds is 1. The maximum absolute atomic E-state index is 10.1. The van der Waals surface area contributed by atoms with Gasteiger partial charge in [0, 0.05) is 23.1 Å². The third kappa shape index (κ3) is 2.18. The zero-order chi connectivity index (χ0) is 14.3. The molecule has 0 spiro atoms. The first kappa shape index (κ1) is 13.4. The third-order valence-corrected chi connectivity index (χ3v) is 4.25. The summed E-state index contributed by atoms with van der Waals surface area (Å²) in [7, 11) is 0. The van der Waals surface area contributed by atoms with Crippen LogP contribution in [0.2, 0.25) is 0 Å². The van der Waals surface area contributed by atoms with Crippen molar-refractivity contribution in [3.63, 3.8) is 0 Å². The molecule has 2 nitrogen and oxygen atoms in total. The van der Waals surface area contributed by atoms with E-state index in [0.29, 0.717) is 0 Å². The first-order chi connectivity index (χ1) is 9.48. The molecule has 1 atom stereocenters. The number of aliphatic hydroxyl groups excluding tert-OH is 1. The van der Waals surface area contributed by atoms with Crippen LogP contribution in [0.4, 0.5) is 0 Å². The molecule has 0 aliphatic heterocycles. The Kier molecular flexibility index (Phi) is 3.21. The molecule has 20 heavy (non-hydrogen) atoms. The first-order valence-corrected chi connectivity index (χ1v) is 7.46. The minimum atomic E-state index is -0.290. The van der Waals surface area contributed by atoms with E-state index in [4.69, 9.17) is 0 Å². The van der Waals surface area contributed by atoms with Crippen LogP contribution in [0.25, 0.3) is 5.69 Å². The molecule has 0 saturated heterocycles. The number of para-hydroxylation sites is 1. The fraction of sp³-hybridized carbons (Fsp3) is 0.444. The van der Waals surface area contributed by atoms with Gasteiger partial charge in [0.05, 0.1) is 6.10 Å². The van der Waals surface area contributed by atoms with Gasteiger partial charge in [-0.2, -0.15) is 0 Å². The summed E-state index contributed by atoms with van der Waals surface area (Å²) in [5, 5.41) is 10.1. The Morgan fingerprint density at radius 1 is 1.15 bits per heavy atom. The Labute approximate surface area is 121 Å². The van der Waals surface area contributed by atoms with E-state index in [0.717, 1.165) is 24.8 Å². The van der Waals surface area contributed by atoms with Gasteiger partial charge in [0.25, 0.3) is 0 Å². The van der Waals surface area contributed by atoms with Gasteiger partial charge in [-0.15, -0.1) is 0 Å². The molecule has 2 aromatic rings. The second-order valence-electron chi connectivity index (χ2n) is 6.76. The Balaban J connectivity index is 2.16. The summed E-state index contributed by atoms with van der Waals surface area (Å²) in [5.41, 5.74) is 5.09. The van der Waals surface area contributed by atoms with Crippen molar-refractivity contribution in [3.8, 4) is 5.69 Å². The topological polar surface area (TPSA) is 25.2 Å². The normalized spacial score (nSPS) is 18.9. The van der Waals surface area contributed by atoms with E-state index in [9.17, 15) is 5.11 Å². The van der Waals surface area contributed by atoms with Gasteiger partial charge in [-0.25, -0.2) is 0 Å².